The largest absolute Gasteiger partial charge is 0.354 e. The van der Waals surface area contributed by atoms with Crippen LogP contribution in [0.5, 0.6) is 0 Å². The summed E-state index contributed by atoms with van der Waals surface area (Å²) >= 11 is 0. The first-order valence-electron chi connectivity index (χ1n) is 9.05. The molecule has 0 aliphatic carbocycles. The third kappa shape index (κ3) is 5.45. The lowest BCUT2D eigenvalue weighted by atomic mass is 10.0. The van der Waals surface area contributed by atoms with Crippen molar-refractivity contribution in [2.24, 2.45) is 0 Å². The van der Waals surface area contributed by atoms with Gasteiger partial charge in [-0.15, -0.1) is 0 Å². The number of carbonyl (C=O) groups excluding carboxylic acids is 2. The normalized spacial score (nSPS) is 10.5. The van der Waals surface area contributed by atoms with Crippen molar-refractivity contribution < 1.29 is 9.59 Å². The average molecular weight is 352 g/mol. The number of anilines is 1. The molecular formula is C22H28N2O2. The van der Waals surface area contributed by atoms with E-state index in [-0.39, 0.29) is 11.8 Å². The number of aryl methyl sites for hydroxylation is 4. The number of amides is 2. The van der Waals surface area contributed by atoms with E-state index >= 15 is 0 Å². The molecule has 4 heteroatoms. The van der Waals surface area contributed by atoms with Crippen LogP contribution in [0, 0.1) is 20.8 Å². The minimum Gasteiger partial charge on any atom is -0.354 e. The average Bonchev–Trinajstić information content (AvgIpc) is 2.58. The van der Waals surface area contributed by atoms with Gasteiger partial charge < -0.3 is 10.2 Å². The van der Waals surface area contributed by atoms with Crippen molar-refractivity contribution in [3.05, 3.63) is 64.7 Å². The highest BCUT2D eigenvalue weighted by Crippen LogP contribution is 2.26. The van der Waals surface area contributed by atoms with Gasteiger partial charge in [0.15, 0.2) is 0 Å². The lowest BCUT2D eigenvalue weighted by Crippen LogP contribution is -2.38. The van der Waals surface area contributed by atoms with E-state index < -0.39 is 0 Å². The molecule has 0 radical (unpaired) electrons. The predicted octanol–water partition coefficient (Wildman–Crippen LogP) is 3.71. The zero-order valence-corrected chi connectivity index (χ0v) is 16.1. The van der Waals surface area contributed by atoms with Gasteiger partial charge in [0.05, 0.1) is 0 Å². The van der Waals surface area contributed by atoms with Gasteiger partial charge in [0.2, 0.25) is 11.8 Å². The summed E-state index contributed by atoms with van der Waals surface area (Å²) in [5.74, 6) is -0.00621. The van der Waals surface area contributed by atoms with Crippen molar-refractivity contribution in [3.8, 4) is 0 Å². The predicted molar refractivity (Wildman–Crippen MR) is 106 cm³/mol. The van der Waals surface area contributed by atoms with Gasteiger partial charge in [0.1, 0.15) is 0 Å². The highest BCUT2D eigenvalue weighted by Gasteiger charge is 2.16. The van der Waals surface area contributed by atoms with Crippen LogP contribution in [0.3, 0.4) is 0 Å². The number of nitrogens with one attached hydrogen (secondary N) is 1. The molecule has 0 fully saturated rings. The molecule has 0 atom stereocenters. The molecule has 2 aromatic carbocycles. The van der Waals surface area contributed by atoms with Crippen molar-refractivity contribution in [2.45, 2.75) is 40.5 Å². The van der Waals surface area contributed by atoms with Gasteiger partial charge in [-0.3, -0.25) is 9.59 Å². The Morgan fingerprint density at radius 3 is 2.19 bits per heavy atom. The van der Waals surface area contributed by atoms with Crippen molar-refractivity contribution >= 4 is 17.5 Å². The van der Waals surface area contributed by atoms with E-state index in [1.54, 1.807) is 11.8 Å². The second-order valence-electron chi connectivity index (χ2n) is 6.75. The second kappa shape index (κ2) is 9.18. The molecule has 0 bridgehead atoms. The summed E-state index contributed by atoms with van der Waals surface area (Å²) in [5, 5.41) is 2.93. The molecule has 0 aromatic heterocycles. The molecule has 0 spiro atoms. The van der Waals surface area contributed by atoms with Crippen LogP contribution in [0.2, 0.25) is 0 Å². The molecule has 4 nitrogen and oxygen atoms in total. The maximum Gasteiger partial charge on any atom is 0.223 e. The number of hydrogen-bond donors (Lipinski definition) is 1. The topological polar surface area (TPSA) is 49.4 Å². The van der Waals surface area contributed by atoms with Crippen molar-refractivity contribution in [1.82, 2.24) is 5.32 Å². The lowest BCUT2D eigenvalue weighted by molar-refractivity contribution is -0.121. The van der Waals surface area contributed by atoms with E-state index in [4.69, 9.17) is 0 Å². The number of hydrogen-bond acceptors (Lipinski definition) is 2. The standard InChI is InChI=1S/C22H28N2O2/c1-16-14-17(2)22(18(3)15-16)24(19(4)25)13-12-23-21(26)11-10-20-8-6-5-7-9-20/h5-9,14-15H,10-13H2,1-4H3,(H,23,26). The van der Waals surface area contributed by atoms with Crippen LogP contribution in [-0.4, -0.2) is 24.9 Å². The molecule has 2 rings (SSSR count). The first-order chi connectivity index (χ1) is 12.4. The molecule has 26 heavy (non-hydrogen) atoms. The second-order valence-corrected chi connectivity index (χ2v) is 6.75. The Hall–Kier alpha value is -2.62. The van der Waals surface area contributed by atoms with Crippen LogP contribution >= 0.6 is 0 Å². The molecule has 1 N–H and O–H groups in total. The molecule has 0 saturated heterocycles. The molecule has 2 amide bonds. The summed E-state index contributed by atoms with van der Waals surface area (Å²) < 4.78 is 0. The SMILES string of the molecule is CC(=O)N(CCNC(=O)CCc1ccccc1)c1c(C)cc(C)cc1C. The van der Waals surface area contributed by atoms with E-state index in [2.05, 4.69) is 24.4 Å². The molecule has 138 valence electrons. The maximum absolute atomic E-state index is 12.1. The van der Waals surface area contributed by atoms with Gasteiger partial charge >= 0.3 is 0 Å². The fourth-order valence-electron chi connectivity index (χ4n) is 3.32. The van der Waals surface area contributed by atoms with Gasteiger partial charge in [0.25, 0.3) is 0 Å². The van der Waals surface area contributed by atoms with Crippen LogP contribution in [0.25, 0.3) is 0 Å². The van der Waals surface area contributed by atoms with Gasteiger partial charge in [-0.05, 0) is 43.9 Å². The van der Waals surface area contributed by atoms with E-state index in [9.17, 15) is 9.59 Å². The molecule has 0 heterocycles. The number of carbonyl (C=O) groups is 2. The smallest absolute Gasteiger partial charge is 0.223 e. The van der Waals surface area contributed by atoms with E-state index in [0.717, 1.165) is 28.8 Å². The molecule has 0 unspecified atom stereocenters. The summed E-state index contributed by atoms with van der Waals surface area (Å²) in [6.45, 7) is 8.56. The van der Waals surface area contributed by atoms with E-state index in [1.165, 1.54) is 5.56 Å². The third-order valence-corrected chi connectivity index (χ3v) is 4.43. The van der Waals surface area contributed by atoms with Crippen LogP contribution in [0.4, 0.5) is 5.69 Å². The molecule has 0 saturated carbocycles. The van der Waals surface area contributed by atoms with Crippen molar-refractivity contribution in [2.75, 3.05) is 18.0 Å². The minimum absolute atomic E-state index is 0.00899. The zero-order chi connectivity index (χ0) is 19.1. The number of nitrogens with zero attached hydrogens (tertiary/aromatic N) is 1. The van der Waals surface area contributed by atoms with Gasteiger partial charge in [0, 0.05) is 32.1 Å². The first kappa shape index (κ1) is 19.7. The van der Waals surface area contributed by atoms with Crippen LogP contribution in [0.15, 0.2) is 42.5 Å². The van der Waals surface area contributed by atoms with Crippen LogP contribution in [0.1, 0.15) is 35.6 Å². The summed E-state index contributed by atoms with van der Waals surface area (Å²) in [7, 11) is 0. The molecule has 0 aliphatic rings. The van der Waals surface area contributed by atoms with Gasteiger partial charge in [-0.25, -0.2) is 0 Å². The maximum atomic E-state index is 12.1. The number of rotatable bonds is 7. The quantitative estimate of drug-likeness (QED) is 0.826. The highest BCUT2D eigenvalue weighted by atomic mass is 16.2. The van der Waals surface area contributed by atoms with Gasteiger partial charge in [-0.1, -0.05) is 48.0 Å². The molecular weight excluding hydrogens is 324 g/mol. The third-order valence-electron chi connectivity index (χ3n) is 4.43. The highest BCUT2D eigenvalue weighted by molar-refractivity contribution is 5.93. The Balaban J connectivity index is 1.91. The van der Waals surface area contributed by atoms with Gasteiger partial charge in [-0.2, -0.15) is 0 Å². The summed E-state index contributed by atoms with van der Waals surface area (Å²) in [6, 6.07) is 14.1. The Morgan fingerprint density at radius 1 is 1.00 bits per heavy atom. The van der Waals surface area contributed by atoms with Crippen molar-refractivity contribution in [3.63, 3.8) is 0 Å². The van der Waals surface area contributed by atoms with Crippen LogP contribution < -0.4 is 10.2 Å². The fraction of sp³-hybridized carbons (Fsp3) is 0.364. The zero-order valence-electron chi connectivity index (χ0n) is 16.1. The summed E-state index contributed by atoms with van der Waals surface area (Å²) in [5.41, 5.74) is 5.43. The Kier molecular flexibility index (Phi) is 6.96. The fourth-order valence-corrected chi connectivity index (χ4v) is 3.32. The van der Waals surface area contributed by atoms with Crippen LogP contribution in [-0.2, 0) is 16.0 Å². The monoisotopic (exact) mass is 352 g/mol. The summed E-state index contributed by atoms with van der Waals surface area (Å²) in [4.78, 5) is 26.0. The Labute approximate surface area is 156 Å². The molecule has 0 aliphatic heterocycles. The van der Waals surface area contributed by atoms with E-state index in [1.807, 2.05) is 44.2 Å². The molecule has 2 aromatic rings. The first-order valence-corrected chi connectivity index (χ1v) is 9.05. The minimum atomic E-state index is -0.0152. The lowest BCUT2D eigenvalue weighted by Gasteiger charge is -2.25. The summed E-state index contributed by atoms with van der Waals surface area (Å²) in [6.07, 6.45) is 1.17. The number of benzene rings is 2. The Bertz CT molecular complexity index is 746. The van der Waals surface area contributed by atoms with Crippen molar-refractivity contribution in [1.29, 1.82) is 0 Å². The van der Waals surface area contributed by atoms with E-state index in [0.29, 0.717) is 19.5 Å². The Morgan fingerprint density at radius 2 is 1.62 bits per heavy atom.